The van der Waals surface area contributed by atoms with Gasteiger partial charge in [0, 0.05) is 18.2 Å². The minimum absolute atomic E-state index is 0.130. The van der Waals surface area contributed by atoms with Crippen molar-refractivity contribution in [1.82, 2.24) is 4.68 Å². The summed E-state index contributed by atoms with van der Waals surface area (Å²) >= 11 is 0. The Hall–Kier alpha value is -2.42. The van der Waals surface area contributed by atoms with Crippen molar-refractivity contribution >= 4 is 0 Å². The molecule has 0 aliphatic rings. The van der Waals surface area contributed by atoms with Gasteiger partial charge >= 0.3 is 0 Å². The predicted octanol–water partition coefficient (Wildman–Crippen LogP) is 4.02. The summed E-state index contributed by atoms with van der Waals surface area (Å²) in [6.07, 6.45) is 6.39. The molecule has 0 radical (unpaired) electrons. The lowest BCUT2D eigenvalue weighted by Gasteiger charge is -2.20. The lowest BCUT2D eigenvalue weighted by atomic mass is 9.85. The minimum Gasteiger partial charge on any atom is -0.201 e. The van der Waals surface area contributed by atoms with Crippen LogP contribution in [-0.2, 0) is 19.5 Å². The number of nitrogens with zero attached hydrogens (tertiary/aromatic N) is 3. The summed E-state index contributed by atoms with van der Waals surface area (Å²) in [5.41, 5.74) is 9.28. The van der Waals surface area contributed by atoms with Gasteiger partial charge in [0.2, 0.25) is 5.69 Å². The molecule has 0 unspecified atom stereocenters. The molecule has 0 bridgehead atoms. The molecule has 0 saturated carbocycles. The third-order valence-corrected chi connectivity index (χ3v) is 5.30. The third kappa shape index (κ3) is 3.07. The number of benzene rings is 1. The van der Waals surface area contributed by atoms with Crippen molar-refractivity contribution in [2.24, 2.45) is 14.1 Å². The lowest BCUT2D eigenvalue weighted by Crippen LogP contribution is -2.37. The summed E-state index contributed by atoms with van der Waals surface area (Å²) in [6.45, 7) is 13.5. The van der Waals surface area contributed by atoms with Crippen LogP contribution in [0, 0.1) is 20.8 Å². The van der Waals surface area contributed by atoms with Crippen molar-refractivity contribution in [2.75, 3.05) is 0 Å². The van der Waals surface area contributed by atoms with Crippen LogP contribution < -0.4 is 9.25 Å². The Morgan fingerprint density at radius 2 is 1.62 bits per heavy atom. The smallest absolute Gasteiger partial charge is 0.201 e. The molecule has 3 aromatic rings. The Balaban J connectivity index is 2.32. The highest BCUT2D eigenvalue weighted by atomic mass is 15.4. The van der Waals surface area contributed by atoms with Crippen LogP contribution in [0.1, 0.15) is 43.0 Å². The third-order valence-electron chi connectivity index (χ3n) is 5.30. The van der Waals surface area contributed by atoms with E-state index >= 15 is 0 Å². The van der Waals surface area contributed by atoms with Crippen molar-refractivity contribution in [3.63, 3.8) is 0 Å². The highest BCUT2D eigenvalue weighted by molar-refractivity contribution is 5.72. The summed E-state index contributed by atoms with van der Waals surface area (Å²) < 4.78 is 6.58. The monoisotopic (exact) mass is 349 g/mol. The zero-order valence-corrected chi connectivity index (χ0v) is 17.4. The number of aromatic nitrogens is 3. The average molecular weight is 350 g/mol. The molecule has 136 valence electrons. The number of pyridine rings is 1. The van der Waals surface area contributed by atoms with Crippen molar-refractivity contribution in [1.29, 1.82) is 0 Å². The maximum Gasteiger partial charge on any atom is 0.213 e. The van der Waals surface area contributed by atoms with Crippen molar-refractivity contribution < 1.29 is 9.25 Å². The largest absolute Gasteiger partial charge is 0.213 e. The molecule has 0 N–H and O–H groups in total. The molecule has 0 atom stereocenters. The quantitative estimate of drug-likeness (QED) is 0.620. The first-order valence-corrected chi connectivity index (χ1v) is 9.26. The van der Waals surface area contributed by atoms with E-state index in [0.717, 1.165) is 0 Å². The fourth-order valence-corrected chi connectivity index (χ4v) is 3.86. The number of hydrogen-bond acceptors (Lipinski definition) is 0. The van der Waals surface area contributed by atoms with Gasteiger partial charge in [-0.1, -0.05) is 26.8 Å². The molecule has 2 heterocycles. The van der Waals surface area contributed by atoms with E-state index in [2.05, 4.69) is 112 Å². The van der Waals surface area contributed by atoms with E-state index < -0.39 is 0 Å². The first kappa shape index (κ1) is 18.4. The van der Waals surface area contributed by atoms with E-state index in [0.29, 0.717) is 0 Å². The van der Waals surface area contributed by atoms with Crippen LogP contribution in [0.3, 0.4) is 0 Å². The zero-order chi connectivity index (χ0) is 19.2. The number of rotatable bonds is 2. The summed E-state index contributed by atoms with van der Waals surface area (Å²) in [7, 11) is 4.22. The molecule has 26 heavy (non-hydrogen) atoms. The standard InChI is InChI=1S/C23H31N3/c1-16-14-17(2)22(26-12-9-11-25(26)8)18(3)21(16)20-15-19(23(4,5)6)10-13-24(20)7/h9-15H,1-8H3/q+2. The molecule has 3 heteroatoms. The van der Waals surface area contributed by atoms with Gasteiger partial charge in [0.05, 0.1) is 11.8 Å². The van der Waals surface area contributed by atoms with Gasteiger partial charge in [-0.15, -0.1) is 9.36 Å². The maximum atomic E-state index is 2.35. The van der Waals surface area contributed by atoms with Crippen LogP contribution >= 0.6 is 0 Å². The van der Waals surface area contributed by atoms with Gasteiger partial charge < -0.3 is 0 Å². The Bertz CT molecular complexity index is 972. The topological polar surface area (TPSA) is 12.7 Å². The highest BCUT2D eigenvalue weighted by Gasteiger charge is 2.24. The molecule has 0 fully saturated rings. The Morgan fingerprint density at radius 1 is 0.923 bits per heavy atom. The Morgan fingerprint density at radius 3 is 2.19 bits per heavy atom. The van der Waals surface area contributed by atoms with E-state index in [-0.39, 0.29) is 5.41 Å². The second-order valence-electron chi connectivity index (χ2n) is 8.43. The van der Waals surface area contributed by atoms with E-state index in [9.17, 15) is 0 Å². The molecule has 0 spiro atoms. The number of hydrogen-bond donors (Lipinski definition) is 0. The normalized spacial score (nSPS) is 11.8. The maximum absolute atomic E-state index is 2.35. The molecule has 0 amide bonds. The average Bonchev–Trinajstić information content (AvgIpc) is 2.93. The summed E-state index contributed by atoms with van der Waals surface area (Å²) in [5, 5.41) is 0. The van der Waals surface area contributed by atoms with E-state index in [1.807, 2.05) is 0 Å². The van der Waals surface area contributed by atoms with Gasteiger partial charge in [0.15, 0.2) is 19.4 Å². The van der Waals surface area contributed by atoms with Crippen LogP contribution in [0.5, 0.6) is 0 Å². The fourth-order valence-electron chi connectivity index (χ4n) is 3.86. The Kier molecular flexibility index (Phi) is 4.51. The Labute approximate surface area is 157 Å². The van der Waals surface area contributed by atoms with Gasteiger partial charge in [-0.05, 0) is 48.4 Å². The summed E-state index contributed by atoms with van der Waals surface area (Å²) in [5.74, 6) is 0. The van der Waals surface area contributed by atoms with Gasteiger partial charge in [-0.2, -0.15) is 0 Å². The first-order chi connectivity index (χ1) is 12.1. The van der Waals surface area contributed by atoms with Crippen molar-refractivity contribution in [3.05, 3.63) is 65.1 Å². The molecule has 0 aliphatic carbocycles. The zero-order valence-electron chi connectivity index (χ0n) is 17.4. The predicted molar refractivity (Wildman–Crippen MR) is 106 cm³/mol. The fraction of sp³-hybridized carbons (Fsp3) is 0.391. The molecular formula is C23H31N3+2. The van der Waals surface area contributed by atoms with Crippen LogP contribution in [0.2, 0.25) is 0 Å². The van der Waals surface area contributed by atoms with Crippen LogP contribution in [0.15, 0.2) is 42.9 Å². The summed E-state index contributed by atoms with van der Waals surface area (Å²) in [6, 6.07) is 8.97. The molecule has 3 nitrogen and oxygen atoms in total. The van der Waals surface area contributed by atoms with E-state index in [1.165, 1.54) is 39.2 Å². The molecule has 3 rings (SSSR count). The van der Waals surface area contributed by atoms with Crippen molar-refractivity contribution in [2.45, 2.75) is 47.0 Å². The van der Waals surface area contributed by atoms with E-state index in [1.54, 1.807) is 0 Å². The van der Waals surface area contributed by atoms with Gasteiger partial charge in [0.25, 0.3) is 0 Å². The van der Waals surface area contributed by atoms with Crippen LogP contribution in [0.25, 0.3) is 16.9 Å². The second-order valence-corrected chi connectivity index (χ2v) is 8.43. The molecule has 0 saturated heterocycles. The van der Waals surface area contributed by atoms with Crippen LogP contribution in [0.4, 0.5) is 0 Å². The molecule has 2 aromatic heterocycles. The first-order valence-electron chi connectivity index (χ1n) is 9.26. The van der Waals surface area contributed by atoms with Gasteiger partial charge in [-0.25, -0.2) is 4.57 Å². The van der Waals surface area contributed by atoms with Gasteiger partial charge in [-0.3, -0.25) is 0 Å². The summed E-state index contributed by atoms with van der Waals surface area (Å²) in [4.78, 5) is 0. The van der Waals surface area contributed by atoms with Crippen molar-refractivity contribution in [3.8, 4) is 16.9 Å². The molecule has 0 aliphatic heterocycles. The van der Waals surface area contributed by atoms with Gasteiger partial charge in [0.1, 0.15) is 12.7 Å². The minimum atomic E-state index is 0.130. The lowest BCUT2D eigenvalue weighted by molar-refractivity contribution is -0.744. The highest BCUT2D eigenvalue weighted by Crippen LogP contribution is 2.33. The van der Waals surface area contributed by atoms with Crippen LogP contribution in [-0.4, -0.2) is 4.68 Å². The SMILES string of the molecule is Cc1cc(C)c(-n2ccc[n+]2C)c(C)c1-c1cc(C(C)(C)C)cc[n+]1C. The number of aryl methyl sites for hydroxylation is 4. The molecule has 1 aromatic carbocycles. The molecular weight excluding hydrogens is 318 g/mol. The van der Waals surface area contributed by atoms with E-state index in [4.69, 9.17) is 0 Å². The second kappa shape index (κ2) is 6.39.